The van der Waals surface area contributed by atoms with Gasteiger partial charge in [-0.3, -0.25) is 4.99 Å². The van der Waals surface area contributed by atoms with Crippen LogP contribution >= 0.6 is 0 Å². The first-order valence-corrected chi connectivity index (χ1v) is 8.87. The molecule has 0 aromatic heterocycles. The van der Waals surface area contributed by atoms with Crippen LogP contribution in [-0.4, -0.2) is 62.1 Å². The SMILES string of the molecule is CN=C(NCC(C)CN1CCCCC1)N1CCCC(C)C1. The van der Waals surface area contributed by atoms with Gasteiger partial charge < -0.3 is 15.1 Å². The molecule has 122 valence electrons. The summed E-state index contributed by atoms with van der Waals surface area (Å²) in [6, 6.07) is 0. The highest BCUT2D eigenvalue weighted by molar-refractivity contribution is 5.79. The van der Waals surface area contributed by atoms with E-state index in [4.69, 9.17) is 0 Å². The van der Waals surface area contributed by atoms with E-state index >= 15 is 0 Å². The molecule has 0 aromatic rings. The van der Waals surface area contributed by atoms with Crippen LogP contribution in [0.1, 0.15) is 46.0 Å². The summed E-state index contributed by atoms with van der Waals surface area (Å²) in [6.45, 7) is 11.9. The van der Waals surface area contributed by atoms with E-state index in [0.717, 1.165) is 31.5 Å². The summed E-state index contributed by atoms with van der Waals surface area (Å²) < 4.78 is 0. The van der Waals surface area contributed by atoms with Crippen molar-refractivity contribution < 1.29 is 0 Å². The smallest absolute Gasteiger partial charge is 0.193 e. The molecule has 0 saturated carbocycles. The average Bonchev–Trinajstić information content (AvgIpc) is 2.49. The maximum Gasteiger partial charge on any atom is 0.193 e. The minimum atomic E-state index is 0.682. The van der Waals surface area contributed by atoms with E-state index in [1.165, 1.54) is 51.7 Å². The van der Waals surface area contributed by atoms with Gasteiger partial charge in [0.15, 0.2) is 5.96 Å². The highest BCUT2D eigenvalue weighted by Crippen LogP contribution is 2.15. The number of aliphatic imine (C=N–C) groups is 1. The lowest BCUT2D eigenvalue weighted by Gasteiger charge is -2.34. The molecule has 2 atom stereocenters. The van der Waals surface area contributed by atoms with Gasteiger partial charge in [-0.2, -0.15) is 0 Å². The summed E-state index contributed by atoms with van der Waals surface area (Å²) >= 11 is 0. The Hall–Kier alpha value is -0.770. The van der Waals surface area contributed by atoms with Crippen LogP contribution < -0.4 is 5.32 Å². The average molecular weight is 294 g/mol. The van der Waals surface area contributed by atoms with Crippen molar-refractivity contribution >= 4 is 5.96 Å². The lowest BCUT2D eigenvalue weighted by Crippen LogP contribution is -2.48. The van der Waals surface area contributed by atoms with Crippen LogP contribution in [-0.2, 0) is 0 Å². The summed E-state index contributed by atoms with van der Waals surface area (Å²) in [7, 11) is 1.91. The van der Waals surface area contributed by atoms with Crippen molar-refractivity contribution in [3.8, 4) is 0 Å². The molecule has 0 radical (unpaired) electrons. The van der Waals surface area contributed by atoms with Gasteiger partial charge in [0, 0.05) is 33.2 Å². The van der Waals surface area contributed by atoms with Crippen LogP contribution in [0.4, 0.5) is 0 Å². The molecule has 4 heteroatoms. The largest absolute Gasteiger partial charge is 0.356 e. The lowest BCUT2D eigenvalue weighted by atomic mass is 10.0. The Morgan fingerprint density at radius 2 is 1.95 bits per heavy atom. The standard InChI is InChI=1S/C17H34N4/c1-15-8-7-11-21(14-15)17(18-3)19-12-16(2)13-20-9-5-4-6-10-20/h15-16H,4-14H2,1-3H3,(H,18,19). The van der Waals surface area contributed by atoms with Crippen LogP contribution in [0, 0.1) is 11.8 Å². The first-order valence-electron chi connectivity index (χ1n) is 8.87. The maximum atomic E-state index is 4.48. The zero-order chi connectivity index (χ0) is 15.1. The molecule has 0 spiro atoms. The number of rotatable bonds is 4. The van der Waals surface area contributed by atoms with Crippen LogP contribution in [0.25, 0.3) is 0 Å². The monoisotopic (exact) mass is 294 g/mol. The topological polar surface area (TPSA) is 30.9 Å². The molecular formula is C17H34N4. The molecule has 4 nitrogen and oxygen atoms in total. The van der Waals surface area contributed by atoms with Gasteiger partial charge in [0.1, 0.15) is 0 Å². The minimum absolute atomic E-state index is 0.682. The summed E-state index contributed by atoms with van der Waals surface area (Å²) in [4.78, 5) is 9.54. The normalized spacial score (nSPS) is 26.7. The van der Waals surface area contributed by atoms with E-state index in [1.54, 1.807) is 0 Å². The number of hydrogen-bond acceptors (Lipinski definition) is 2. The van der Waals surface area contributed by atoms with E-state index in [0.29, 0.717) is 5.92 Å². The van der Waals surface area contributed by atoms with E-state index in [9.17, 15) is 0 Å². The van der Waals surface area contributed by atoms with Crippen molar-refractivity contribution in [3.63, 3.8) is 0 Å². The van der Waals surface area contributed by atoms with Gasteiger partial charge >= 0.3 is 0 Å². The van der Waals surface area contributed by atoms with Gasteiger partial charge in [-0.25, -0.2) is 0 Å². The molecule has 1 N–H and O–H groups in total. The van der Waals surface area contributed by atoms with Gasteiger partial charge in [0.25, 0.3) is 0 Å². The number of likely N-dealkylation sites (tertiary alicyclic amines) is 2. The van der Waals surface area contributed by atoms with Crippen LogP contribution in [0.15, 0.2) is 4.99 Å². The molecule has 2 rings (SSSR count). The van der Waals surface area contributed by atoms with Crippen molar-refractivity contribution in [3.05, 3.63) is 0 Å². The molecule has 2 aliphatic heterocycles. The van der Waals surface area contributed by atoms with Crippen LogP contribution in [0.5, 0.6) is 0 Å². The number of piperidine rings is 2. The Balaban J connectivity index is 1.71. The zero-order valence-corrected chi connectivity index (χ0v) is 14.3. The van der Waals surface area contributed by atoms with E-state index in [1.807, 2.05) is 7.05 Å². The number of nitrogens with one attached hydrogen (secondary N) is 1. The van der Waals surface area contributed by atoms with Gasteiger partial charge in [0.2, 0.25) is 0 Å². The van der Waals surface area contributed by atoms with Crippen molar-refractivity contribution in [2.24, 2.45) is 16.8 Å². The summed E-state index contributed by atoms with van der Waals surface area (Å²) in [6.07, 6.45) is 6.84. The summed E-state index contributed by atoms with van der Waals surface area (Å²) in [5.74, 6) is 2.58. The van der Waals surface area contributed by atoms with Gasteiger partial charge in [0.05, 0.1) is 0 Å². The Bertz CT molecular complexity index is 323. The molecule has 21 heavy (non-hydrogen) atoms. The number of hydrogen-bond donors (Lipinski definition) is 1. The second-order valence-corrected chi connectivity index (χ2v) is 7.09. The third kappa shape index (κ3) is 5.50. The molecule has 2 heterocycles. The van der Waals surface area contributed by atoms with Crippen molar-refractivity contribution in [2.75, 3.05) is 46.3 Å². The molecule has 2 aliphatic rings. The third-order valence-corrected chi connectivity index (χ3v) is 4.80. The highest BCUT2D eigenvalue weighted by atomic mass is 15.3. The van der Waals surface area contributed by atoms with Crippen molar-refractivity contribution in [2.45, 2.75) is 46.0 Å². The van der Waals surface area contributed by atoms with Gasteiger partial charge in [-0.05, 0) is 50.6 Å². The Kier molecular flexibility index (Phi) is 6.81. The van der Waals surface area contributed by atoms with Crippen LogP contribution in [0.2, 0.25) is 0 Å². The molecule has 2 unspecified atom stereocenters. The molecule has 0 aromatic carbocycles. The van der Waals surface area contributed by atoms with Crippen LogP contribution in [0.3, 0.4) is 0 Å². The lowest BCUT2D eigenvalue weighted by molar-refractivity contribution is 0.199. The molecular weight excluding hydrogens is 260 g/mol. The van der Waals surface area contributed by atoms with E-state index < -0.39 is 0 Å². The maximum absolute atomic E-state index is 4.48. The fourth-order valence-corrected chi connectivity index (χ4v) is 3.63. The molecule has 2 saturated heterocycles. The molecule has 0 bridgehead atoms. The molecule has 2 fully saturated rings. The Labute approximate surface area is 131 Å². The van der Waals surface area contributed by atoms with Crippen molar-refractivity contribution in [1.29, 1.82) is 0 Å². The van der Waals surface area contributed by atoms with Gasteiger partial charge in [-0.1, -0.05) is 20.3 Å². The summed E-state index contributed by atoms with van der Waals surface area (Å²) in [5, 5.41) is 3.60. The first-order chi connectivity index (χ1) is 10.2. The quantitative estimate of drug-likeness (QED) is 0.638. The number of nitrogens with zero attached hydrogens (tertiary/aromatic N) is 3. The van der Waals surface area contributed by atoms with Gasteiger partial charge in [-0.15, -0.1) is 0 Å². The molecule has 0 aliphatic carbocycles. The Morgan fingerprint density at radius 3 is 2.62 bits per heavy atom. The summed E-state index contributed by atoms with van der Waals surface area (Å²) in [5.41, 5.74) is 0. The highest BCUT2D eigenvalue weighted by Gasteiger charge is 2.20. The fourth-order valence-electron chi connectivity index (χ4n) is 3.63. The first kappa shape index (κ1) is 16.6. The fraction of sp³-hybridized carbons (Fsp3) is 0.941. The Morgan fingerprint density at radius 1 is 1.19 bits per heavy atom. The predicted octanol–water partition coefficient (Wildman–Crippen LogP) is 2.42. The second kappa shape index (κ2) is 8.62. The van der Waals surface area contributed by atoms with Crippen molar-refractivity contribution in [1.82, 2.24) is 15.1 Å². The number of guanidine groups is 1. The predicted molar refractivity (Wildman–Crippen MR) is 90.8 cm³/mol. The van der Waals surface area contributed by atoms with E-state index in [2.05, 4.69) is 34.0 Å². The minimum Gasteiger partial charge on any atom is -0.356 e. The molecule has 0 amide bonds. The zero-order valence-electron chi connectivity index (χ0n) is 14.3. The second-order valence-electron chi connectivity index (χ2n) is 7.09. The van der Waals surface area contributed by atoms with E-state index in [-0.39, 0.29) is 0 Å². The third-order valence-electron chi connectivity index (χ3n) is 4.80.